The van der Waals surface area contributed by atoms with Crippen molar-refractivity contribution >= 4 is 0 Å². The summed E-state index contributed by atoms with van der Waals surface area (Å²) in [5, 5.41) is 20.7. The lowest BCUT2D eigenvalue weighted by atomic mass is 9.50. The number of fused-ring (bicyclic) bond motifs is 5. The average molecular weight is 341 g/mol. The summed E-state index contributed by atoms with van der Waals surface area (Å²) in [6, 6.07) is 2.29. The van der Waals surface area contributed by atoms with Crippen molar-refractivity contribution in [1.82, 2.24) is 0 Å². The summed E-state index contributed by atoms with van der Waals surface area (Å²) >= 11 is 0. The summed E-state index contributed by atoms with van der Waals surface area (Å²) in [6.45, 7) is 2.24. The number of nitrogens with zero attached hydrogens (tertiary/aromatic N) is 1. The predicted octanol–water partition coefficient (Wildman–Crippen LogP) is 4.73. The maximum absolute atomic E-state index is 11.4. The van der Waals surface area contributed by atoms with E-state index in [0.29, 0.717) is 24.2 Å². The molecule has 0 heterocycles. The molecule has 0 radical (unpaired) electrons. The smallest absolute Gasteiger partial charge is 0.0958 e. The summed E-state index contributed by atoms with van der Waals surface area (Å²) in [6.07, 6.45) is 13.7. The van der Waals surface area contributed by atoms with Crippen LogP contribution in [0.15, 0.2) is 23.5 Å². The Kier molecular flexibility index (Phi) is 4.23. The monoisotopic (exact) mass is 341 g/mol. The highest BCUT2D eigenvalue weighted by atomic mass is 16.5. The Morgan fingerprint density at radius 1 is 1.28 bits per heavy atom. The highest BCUT2D eigenvalue weighted by molar-refractivity contribution is 5.32. The number of hydrogen-bond donors (Lipinski definition) is 1. The van der Waals surface area contributed by atoms with Gasteiger partial charge in [0.15, 0.2) is 0 Å². The maximum atomic E-state index is 11.4. The number of ether oxygens (including phenoxy) is 1. The zero-order chi connectivity index (χ0) is 17.7. The summed E-state index contributed by atoms with van der Waals surface area (Å²) < 4.78 is 5.49. The van der Waals surface area contributed by atoms with Crippen LogP contribution in [-0.2, 0) is 4.74 Å². The molecule has 6 atom stereocenters. The number of nitriles is 1. The third kappa shape index (κ3) is 2.33. The molecule has 4 aliphatic carbocycles. The highest BCUT2D eigenvalue weighted by Crippen LogP contribution is 2.66. The minimum Gasteiger partial charge on any atom is -0.501 e. The van der Waals surface area contributed by atoms with Gasteiger partial charge in [-0.25, -0.2) is 0 Å². The van der Waals surface area contributed by atoms with E-state index in [9.17, 15) is 10.4 Å². The molecule has 0 aromatic carbocycles. The van der Waals surface area contributed by atoms with Crippen molar-refractivity contribution < 1.29 is 9.84 Å². The van der Waals surface area contributed by atoms with Gasteiger partial charge in [-0.3, -0.25) is 0 Å². The van der Waals surface area contributed by atoms with Crippen LogP contribution in [0.3, 0.4) is 0 Å². The first kappa shape index (κ1) is 17.2. The van der Waals surface area contributed by atoms with Crippen LogP contribution in [0.2, 0.25) is 0 Å². The zero-order valence-corrected chi connectivity index (χ0v) is 15.6. The first-order chi connectivity index (χ1) is 12.1. The van der Waals surface area contributed by atoms with Gasteiger partial charge in [0, 0.05) is 11.8 Å². The van der Waals surface area contributed by atoms with Crippen molar-refractivity contribution in [1.29, 1.82) is 5.26 Å². The quantitative estimate of drug-likeness (QED) is 0.807. The molecule has 0 saturated heterocycles. The SMILES string of the molecule is CCC12CC[C@H]3[C@@H](CC=C4C=C(OC)CC[C@@H]43)[C@@H]1CC[C@@]2(O)CC#N. The number of hydrogen-bond acceptors (Lipinski definition) is 3. The standard InChI is InChI=1S/C22H31NO2/c1-3-21-10-8-18-17-7-5-16(25-2)14-15(17)4-6-19(18)20(21)9-11-22(21,24)12-13-23/h4,14,17-20,24H,3,5-12H2,1-2H3/t17-,18+,19+,20-,21?,22+/m0/s1. The van der Waals surface area contributed by atoms with Gasteiger partial charge in [-0.2, -0.15) is 5.26 Å². The summed E-state index contributed by atoms with van der Waals surface area (Å²) in [4.78, 5) is 0. The molecule has 0 aromatic rings. The molecule has 4 rings (SSSR count). The van der Waals surface area contributed by atoms with Crippen LogP contribution in [0.1, 0.15) is 64.7 Å². The molecular weight excluding hydrogens is 310 g/mol. The highest BCUT2D eigenvalue weighted by Gasteiger charge is 2.63. The van der Waals surface area contributed by atoms with Gasteiger partial charge >= 0.3 is 0 Å². The minimum absolute atomic E-state index is 0.0303. The Hall–Kier alpha value is -1.27. The van der Waals surface area contributed by atoms with E-state index < -0.39 is 5.60 Å². The lowest BCUT2D eigenvalue weighted by Crippen LogP contribution is -2.53. The first-order valence-corrected chi connectivity index (χ1v) is 10.1. The van der Waals surface area contributed by atoms with Crippen LogP contribution in [0, 0.1) is 40.4 Å². The topological polar surface area (TPSA) is 53.2 Å². The first-order valence-electron chi connectivity index (χ1n) is 10.1. The summed E-state index contributed by atoms with van der Waals surface area (Å²) in [5.41, 5.74) is 0.710. The second-order valence-corrected chi connectivity index (χ2v) is 8.79. The van der Waals surface area contributed by atoms with Crippen LogP contribution < -0.4 is 0 Å². The Labute approximate surface area is 151 Å². The zero-order valence-electron chi connectivity index (χ0n) is 15.6. The van der Waals surface area contributed by atoms with Crippen molar-refractivity contribution in [2.24, 2.45) is 29.1 Å². The molecule has 0 aliphatic heterocycles. The van der Waals surface area contributed by atoms with Gasteiger partial charge in [-0.1, -0.05) is 13.0 Å². The maximum Gasteiger partial charge on any atom is 0.0958 e. The second kappa shape index (κ2) is 6.16. The largest absolute Gasteiger partial charge is 0.501 e. The molecule has 1 unspecified atom stereocenters. The molecule has 1 N–H and O–H groups in total. The fourth-order valence-electron chi connectivity index (χ4n) is 7.18. The van der Waals surface area contributed by atoms with Gasteiger partial charge in [0.05, 0.1) is 31.0 Å². The van der Waals surface area contributed by atoms with Crippen LogP contribution in [0.5, 0.6) is 0 Å². The molecule has 136 valence electrons. The van der Waals surface area contributed by atoms with Crippen LogP contribution >= 0.6 is 0 Å². The lowest BCUT2D eigenvalue weighted by Gasteiger charge is -2.56. The number of aliphatic hydroxyl groups is 1. The number of methoxy groups -OCH3 is 1. The molecule has 3 heteroatoms. The van der Waals surface area contributed by atoms with E-state index >= 15 is 0 Å². The van der Waals surface area contributed by atoms with Crippen molar-refractivity contribution in [3.05, 3.63) is 23.5 Å². The van der Waals surface area contributed by atoms with Gasteiger partial charge < -0.3 is 9.84 Å². The van der Waals surface area contributed by atoms with Gasteiger partial charge in [0.1, 0.15) is 0 Å². The Bertz CT molecular complexity index is 645. The molecule has 0 spiro atoms. The summed E-state index contributed by atoms with van der Waals surface area (Å²) in [7, 11) is 1.78. The minimum atomic E-state index is -0.758. The summed E-state index contributed by atoms with van der Waals surface area (Å²) in [5.74, 6) is 3.83. The average Bonchev–Trinajstić information content (AvgIpc) is 2.94. The van der Waals surface area contributed by atoms with E-state index in [2.05, 4.69) is 25.1 Å². The van der Waals surface area contributed by atoms with E-state index in [1.165, 1.54) is 18.4 Å². The van der Waals surface area contributed by atoms with Crippen LogP contribution in [0.25, 0.3) is 0 Å². The molecule has 0 amide bonds. The molecule has 25 heavy (non-hydrogen) atoms. The third-order valence-corrected chi connectivity index (χ3v) is 8.36. The molecule has 3 nitrogen and oxygen atoms in total. The molecule has 4 aliphatic rings. The molecular formula is C22H31NO2. The Morgan fingerprint density at radius 2 is 2.12 bits per heavy atom. The van der Waals surface area contributed by atoms with E-state index in [4.69, 9.17) is 4.74 Å². The van der Waals surface area contributed by atoms with Crippen molar-refractivity contribution in [2.75, 3.05) is 7.11 Å². The van der Waals surface area contributed by atoms with Gasteiger partial charge in [0.2, 0.25) is 0 Å². The molecule has 0 bridgehead atoms. The van der Waals surface area contributed by atoms with Crippen molar-refractivity contribution in [3.8, 4) is 6.07 Å². The van der Waals surface area contributed by atoms with E-state index in [1.54, 1.807) is 7.11 Å². The predicted molar refractivity (Wildman–Crippen MR) is 97.4 cm³/mol. The second-order valence-electron chi connectivity index (χ2n) is 8.79. The molecule has 2 saturated carbocycles. The normalized spacial score (nSPS) is 45.4. The van der Waals surface area contributed by atoms with Crippen molar-refractivity contribution in [3.63, 3.8) is 0 Å². The molecule has 0 aromatic heterocycles. The van der Waals surface area contributed by atoms with Crippen LogP contribution in [-0.4, -0.2) is 17.8 Å². The van der Waals surface area contributed by atoms with Crippen LogP contribution in [0.4, 0.5) is 0 Å². The van der Waals surface area contributed by atoms with Crippen molar-refractivity contribution in [2.45, 2.75) is 70.3 Å². The lowest BCUT2D eigenvalue weighted by molar-refractivity contribution is -0.124. The van der Waals surface area contributed by atoms with Gasteiger partial charge in [0.25, 0.3) is 0 Å². The van der Waals surface area contributed by atoms with Gasteiger partial charge in [-0.05, 0) is 80.3 Å². The fourth-order valence-corrected chi connectivity index (χ4v) is 7.18. The van der Waals surface area contributed by atoms with Gasteiger partial charge in [-0.15, -0.1) is 0 Å². The van der Waals surface area contributed by atoms with E-state index in [1.807, 2.05) is 0 Å². The Balaban J connectivity index is 1.65. The molecule has 2 fully saturated rings. The van der Waals surface area contributed by atoms with E-state index in [0.717, 1.165) is 50.2 Å². The third-order valence-electron chi connectivity index (χ3n) is 8.36. The Morgan fingerprint density at radius 3 is 2.84 bits per heavy atom. The van der Waals surface area contributed by atoms with E-state index in [-0.39, 0.29) is 5.41 Å². The number of rotatable bonds is 3. The fraction of sp³-hybridized carbons (Fsp3) is 0.773. The number of allylic oxidation sites excluding steroid dienone is 4.